The van der Waals surface area contributed by atoms with E-state index in [1.54, 1.807) is 12.3 Å². The van der Waals surface area contributed by atoms with Gasteiger partial charge in [-0.15, -0.1) is 6.58 Å². The molecule has 2 N–H and O–H groups in total. The Morgan fingerprint density at radius 3 is 3.15 bits per heavy atom. The number of aromatic amines is 1. The number of anilines is 1. The van der Waals surface area contributed by atoms with Crippen molar-refractivity contribution >= 4 is 21.6 Å². The van der Waals surface area contributed by atoms with Crippen LogP contribution >= 0.6 is 15.9 Å². The fourth-order valence-corrected chi connectivity index (χ4v) is 1.09. The molecule has 0 aliphatic carbocycles. The van der Waals surface area contributed by atoms with Crippen LogP contribution in [0, 0.1) is 0 Å². The summed E-state index contributed by atoms with van der Waals surface area (Å²) in [6.07, 6.45) is 3.29. The molecule has 0 bridgehead atoms. The summed E-state index contributed by atoms with van der Waals surface area (Å²) in [6, 6.07) is 0.0971. The highest BCUT2D eigenvalue weighted by atomic mass is 79.9. The van der Waals surface area contributed by atoms with Crippen molar-refractivity contribution in [1.82, 2.24) is 10.2 Å². The molecule has 13 heavy (non-hydrogen) atoms. The molecule has 1 aromatic heterocycles. The van der Waals surface area contributed by atoms with Crippen molar-refractivity contribution in [1.29, 1.82) is 0 Å². The second-order valence-electron chi connectivity index (χ2n) is 2.60. The van der Waals surface area contributed by atoms with Crippen LogP contribution in [0.2, 0.25) is 0 Å². The Labute approximate surface area is 84.2 Å². The Morgan fingerprint density at radius 2 is 2.54 bits per heavy atom. The summed E-state index contributed by atoms with van der Waals surface area (Å²) in [4.78, 5) is 11.1. The Bertz CT molecular complexity index is 361. The van der Waals surface area contributed by atoms with E-state index in [2.05, 4.69) is 38.0 Å². The lowest BCUT2D eigenvalue weighted by Crippen LogP contribution is -2.17. The van der Waals surface area contributed by atoms with Crippen LogP contribution in [0.1, 0.15) is 6.92 Å². The zero-order valence-corrected chi connectivity index (χ0v) is 8.76. The highest BCUT2D eigenvalue weighted by Gasteiger charge is 2.04. The number of rotatable bonds is 3. The Balaban J connectivity index is 2.95. The molecule has 0 aliphatic rings. The number of nitrogens with one attached hydrogen (secondary N) is 2. The maximum atomic E-state index is 11.1. The van der Waals surface area contributed by atoms with E-state index >= 15 is 0 Å². The van der Waals surface area contributed by atoms with Gasteiger partial charge >= 0.3 is 0 Å². The predicted octanol–water partition coefficient (Wildman–Crippen LogP) is 1.52. The van der Waals surface area contributed by atoms with Crippen molar-refractivity contribution in [2.24, 2.45) is 0 Å². The summed E-state index contributed by atoms with van der Waals surface area (Å²) < 4.78 is 0.455. The molecule has 0 radical (unpaired) electrons. The van der Waals surface area contributed by atoms with Crippen molar-refractivity contribution < 1.29 is 0 Å². The van der Waals surface area contributed by atoms with E-state index in [0.717, 1.165) is 0 Å². The first-order chi connectivity index (χ1) is 6.15. The van der Waals surface area contributed by atoms with Crippen LogP contribution in [0.3, 0.4) is 0 Å². The van der Waals surface area contributed by atoms with Gasteiger partial charge in [0.2, 0.25) is 0 Å². The molecular weight excluding hydrogens is 234 g/mol. The maximum absolute atomic E-state index is 11.1. The summed E-state index contributed by atoms with van der Waals surface area (Å²) in [7, 11) is 0. The van der Waals surface area contributed by atoms with Gasteiger partial charge in [-0.2, -0.15) is 5.10 Å². The highest BCUT2D eigenvalue weighted by Crippen LogP contribution is 2.16. The first kappa shape index (κ1) is 9.98. The van der Waals surface area contributed by atoms with Crippen LogP contribution in [-0.4, -0.2) is 16.2 Å². The summed E-state index contributed by atoms with van der Waals surface area (Å²) in [5, 5.41) is 9.03. The molecule has 5 heteroatoms. The largest absolute Gasteiger partial charge is 0.377 e. The average Bonchev–Trinajstić information content (AvgIpc) is 2.13. The van der Waals surface area contributed by atoms with Gasteiger partial charge in [-0.1, -0.05) is 6.08 Å². The molecule has 0 aliphatic heterocycles. The van der Waals surface area contributed by atoms with Crippen LogP contribution in [0.15, 0.2) is 28.1 Å². The van der Waals surface area contributed by atoms with E-state index in [1.165, 1.54) is 0 Å². The first-order valence-electron chi connectivity index (χ1n) is 3.77. The lowest BCUT2D eigenvalue weighted by atomic mass is 10.3. The van der Waals surface area contributed by atoms with Crippen LogP contribution < -0.4 is 10.9 Å². The molecule has 1 unspecified atom stereocenters. The quantitative estimate of drug-likeness (QED) is 0.792. The van der Waals surface area contributed by atoms with E-state index in [-0.39, 0.29) is 11.6 Å². The highest BCUT2D eigenvalue weighted by molar-refractivity contribution is 9.10. The maximum Gasteiger partial charge on any atom is 0.280 e. The molecule has 1 aromatic rings. The van der Waals surface area contributed by atoms with E-state index in [1.807, 2.05) is 6.92 Å². The average molecular weight is 244 g/mol. The van der Waals surface area contributed by atoms with Gasteiger partial charge in [0.1, 0.15) is 4.47 Å². The molecule has 0 spiro atoms. The minimum Gasteiger partial charge on any atom is -0.377 e. The van der Waals surface area contributed by atoms with Gasteiger partial charge in [0, 0.05) is 6.04 Å². The minimum absolute atomic E-state index is 0.0971. The summed E-state index contributed by atoms with van der Waals surface area (Å²) in [5.74, 6) is 0. The molecule has 70 valence electrons. The van der Waals surface area contributed by atoms with Gasteiger partial charge in [-0.05, 0) is 22.9 Å². The number of hydrogen-bond donors (Lipinski definition) is 2. The zero-order chi connectivity index (χ0) is 9.84. The smallest absolute Gasteiger partial charge is 0.280 e. The Morgan fingerprint density at radius 1 is 1.85 bits per heavy atom. The number of H-pyrrole nitrogens is 1. The first-order valence-corrected chi connectivity index (χ1v) is 4.56. The lowest BCUT2D eigenvalue weighted by molar-refractivity contribution is 0.947. The second-order valence-corrected chi connectivity index (χ2v) is 3.39. The fourth-order valence-electron chi connectivity index (χ4n) is 0.788. The number of hydrogen-bond acceptors (Lipinski definition) is 3. The third-order valence-electron chi connectivity index (χ3n) is 1.53. The molecule has 0 fully saturated rings. The van der Waals surface area contributed by atoms with Crippen molar-refractivity contribution in [3.63, 3.8) is 0 Å². The van der Waals surface area contributed by atoms with Crippen molar-refractivity contribution in [2.45, 2.75) is 13.0 Å². The van der Waals surface area contributed by atoms with Gasteiger partial charge in [-0.3, -0.25) is 4.79 Å². The van der Waals surface area contributed by atoms with Crippen molar-refractivity contribution in [3.05, 3.63) is 33.7 Å². The molecule has 4 nitrogen and oxygen atoms in total. The van der Waals surface area contributed by atoms with E-state index in [4.69, 9.17) is 0 Å². The SMILES string of the molecule is C=CC(C)Nc1cn[nH]c(=O)c1Br. The Hall–Kier alpha value is -1.10. The topological polar surface area (TPSA) is 57.8 Å². The van der Waals surface area contributed by atoms with E-state index in [9.17, 15) is 4.79 Å². The number of halogens is 1. The van der Waals surface area contributed by atoms with Crippen LogP contribution in [0.4, 0.5) is 5.69 Å². The summed E-state index contributed by atoms with van der Waals surface area (Å²) >= 11 is 3.16. The van der Waals surface area contributed by atoms with Gasteiger partial charge in [0.25, 0.3) is 5.56 Å². The molecule has 0 amide bonds. The third kappa shape index (κ3) is 2.42. The summed E-state index contributed by atoms with van der Waals surface area (Å²) in [6.45, 7) is 5.56. The zero-order valence-electron chi connectivity index (χ0n) is 7.17. The van der Waals surface area contributed by atoms with E-state index in [0.29, 0.717) is 10.2 Å². The van der Waals surface area contributed by atoms with Crippen LogP contribution in [0.25, 0.3) is 0 Å². The van der Waals surface area contributed by atoms with Gasteiger partial charge in [0.05, 0.1) is 11.9 Å². The molecule has 1 heterocycles. The second kappa shape index (κ2) is 4.23. The molecule has 0 aromatic carbocycles. The van der Waals surface area contributed by atoms with Crippen LogP contribution in [-0.2, 0) is 0 Å². The molecule has 0 saturated heterocycles. The summed E-state index contributed by atoms with van der Waals surface area (Å²) in [5.41, 5.74) is 0.414. The van der Waals surface area contributed by atoms with Gasteiger partial charge in [-0.25, -0.2) is 5.10 Å². The molecular formula is C8H10BrN3O. The number of aromatic nitrogens is 2. The number of nitrogens with zero attached hydrogens (tertiary/aromatic N) is 1. The predicted molar refractivity (Wildman–Crippen MR) is 55.8 cm³/mol. The lowest BCUT2D eigenvalue weighted by Gasteiger charge is -2.10. The molecule has 0 saturated carbocycles. The minimum atomic E-state index is -0.249. The standard InChI is InChI=1S/C8H10BrN3O/c1-3-5(2)11-6-4-10-12-8(13)7(6)9/h3-5H,1H2,2H3,(H2,11,12,13). The Kier molecular flexibility index (Phi) is 3.25. The van der Waals surface area contributed by atoms with Crippen molar-refractivity contribution in [3.8, 4) is 0 Å². The van der Waals surface area contributed by atoms with Crippen molar-refractivity contribution in [2.75, 3.05) is 5.32 Å². The molecule has 1 rings (SSSR count). The monoisotopic (exact) mass is 243 g/mol. The fraction of sp³-hybridized carbons (Fsp3) is 0.250. The van der Waals surface area contributed by atoms with Crippen LogP contribution in [0.5, 0.6) is 0 Å². The van der Waals surface area contributed by atoms with E-state index < -0.39 is 0 Å². The van der Waals surface area contributed by atoms with Gasteiger partial charge in [0.15, 0.2) is 0 Å². The van der Waals surface area contributed by atoms with Gasteiger partial charge < -0.3 is 5.32 Å². The normalized spacial score (nSPS) is 12.2. The molecule has 1 atom stereocenters. The third-order valence-corrected chi connectivity index (χ3v) is 2.32.